The molecule has 0 amide bonds. The molecule has 0 saturated carbocycles. The molecule has 7 heteroatoms. The zero-order valence-electron chi connectivity index (χ0n) is 20.3. The van der Waals surface area contributed by atoms with Gasteiger partial charge in [-0.25, -0.2) is 8.42 Å². The fourth-order valence-electron chi connectivity index (χ4n) is 4.86. The summed E-state index contributed by atoms with van der Waals surface area (Å²) in [5, 5.41) is 1.76. The molecule has 0 atom stereocenters. The van der Waals surface area contributed by atoms with Gasteiger partial charge in [0, 0.05) is 25.2 Å². The van der Waals surface area contributed by atoms with Crippen molar-refractivity contribution in [1.29, 1.82) is 0 Å². The van der Waals surface area contributed by atoms with E-state index in [1.165, 1.54) is 41.9 Å². The Balaban J connectivity index is 1.60. The summed E-state index contributed by atoms with van der Waals surface area (Å²) in [5.41, 5.74) is 7.12. The number of sulfonamides is 1. The third-order valence-electron chi connectivity index (χ3n) is 6.59. The highest BCUT2D eigenvalue weighted by Crippen LogP contribution is 2.34. The summed E-state index contributed by atoms with van der Waals surface area (Å²) in [6.45, 7) is 10.3. The average molecular weight is 497 g/mol. The molecule has 1 aromatic heterocycles. The number of Topliss-reactive ketones (excluding diaryl/α,β-unsaturated/α-hetero) is 1. The minimum Gasteiger partial charge on any atom is -0.371 e. The number of carbonyl (C=O) groups excluding carboxylic acids is 1. The Kier molecular flexibility index (Phi) is 7.14. The summed E-state index contributed by atoms with van der Waals surface area (Å²) < 4.78 is 28.4. The predicted molar refractivity (Wildman–Crippen MR) is 141 cm³/mol. The highest BCUT2D eigenvalue weighted by molar-refractivity contribution is 7.92. The molecule has 3 aromatic rings. The zero-order chi connectivity index (χ0) is 24.5. The molecule has 1 fully saturated rings. The van der Waals surface area contributed by atoms with E-state index < -0.39 is 10.0 Å². The lowest BCUT2D eigenvalue weighted by Gasteiger charge is -2.33. The molecule has 0 radical (unpaired) electrons. The normalized spacial score (nSPS) is 14.3. The summed E-state index contributed by atoms with van der Waals surface area (Å²) >= 11 is 1.28. The van der Waals surface area contributed by atoms with E-state index in [4.69, 9.17) is 0 Å². The minimum absolute atomic E-state index is 0.0729. The first-order chi connectivity index (χ1) is 16.2. The number of aryl methyl sites for hydroxylation is 3. The smallest absolute Gasteiger partial charge is 0.261 e. The Morgan fingerprint density at radius 1 is 0.971 bits per heavy atom. The number of ketones is 1. The molecule has 2 heterocycles. The predicted octanol–water partition coefficient (Wildman–Crippen LogP) is 6.20. The van der Waals surface area contributed by atoms with Gasteiger partial charge in [0.25, 0.3) is 10.0 Å². The van der Waals surface area contributed by atoms with Crippen LogP contribution in [-0.4, -0.2) is 27.3 Å². The molecule has 1 saturated heterocycles. The van der Waals surface area contributed by atoms with Crippen molar-refractivity contribution >= 4 is 38.5 Å². The molecule has 1 aliphatic rings. The second-order valence-electron chi connectivity index (χ2n) is 9.19. The van der Waals surface area contributed by atoms with E-state index in [2.05, 4.69) is 36.5 Å². The monoisotopic (exact) mass is 496 g/mol. The van der Waals surface area contributed by atoms with Gasteiger partial charge in [0.1, 0.15) is 0 Å². The van der Waals surface area contributed by atoms with Crippen LogP contribution in [0.3, 0.4) is 0 Å². The first-order valence-electron chi connectivity index (χ1n) is 11.7. The van der Waals surface area contributed by atoms with Gasteiger partial charge in [0.15, 0.2) is 5.78 Å². The lowest BCUT2D eigenvalue weighted by atomic mass is 9.92. The van der Waals surface area contributed by atoms with Crippen molar-refractivity contribution in [3.63, 3.8) is 0 Å². The Morgan fingerprint density at radius 3 is 2.32 bits per heavy atom. The Hall–Kier alpha value is -2.64. The quantitative estimate of drug-likeness (QED) is 0.396. The molecule has 5 nitrogen and oxygen atoms in total. The van der Waals surface area contributed by atoms with Crippen molar-refractivity contribution in [1.82, 2.24) is 0 Å². The number of carbonyl (C=O) groups is 1. The van der Waals surface area contributed by atoms with Crippen LogP contribution in [0, 0.1) is 27.7 Å². The summed E-state index contributed by atoms with van der Waals surface area (Å²) in [6, 6.07) is 10.5. The number of thiophene rings is 1. The molecule has 0 aliphatic carbocycles. The topological polar surface area (TPSA) is 66.5 Å². The van der Waals surface area contributed by atoms with Crippen LogP contribution in [0.1, 0.15) is 56.8 Å². The Morgan fingerprint density at radius 2 is 1.65 bits per heavy atom. The molecule has 34 heavy (non-hydrogen) atoms. The van der Waals surface area contributed by atoms with Crippen LogP contribution in [-0.2, 0) is 16.4 Å². The molecule has 4 rings (SSSR count). The maximum Gasteiger partial charge on any atom is 0.261 e. The summed E-state index contributed by atoms with van der Waals surface area (Å²) in [7, 11) is -3.77. The molecule has 0 unspecified atom stereocenters. The maximum absolute atomic E-state index is 13.4. The summed E-state index contributed by atoms with van der Waals surface area (Å²) in [5.74, 6) is -0.0729. The first-order valence-corrected chi connectivity index (χ1v) is 14.1. The van der Waals surface area contributed by atoms with E-state index in [0.29, 0.717) is 10.6 Å². The molecule has 180 valence electrons. The molecule has 1 N–H and O–H groups in total. The Bertz CT molecular complexity index is 1300. The SMILES string of the molecule is Cc1ccc(S(=O)(=O)Nc2ccsc2C(=O)Cc2c(C)cc(C)c(N3CCCCC3)c2C)cc1. The van der Waals surface area contributed by atoms with Crippen molar-refractivity contribution < 1.29 is 13.2 Å². The van der Waals surface area contributed by atoms with E-state index in [9.17, 15) is 13.2 Å². The number of nitrogens with zero attached hydrogens (tertiary/aromatic N) is 1. The number of hydrogen-bond acceptors (Lipinski definition) is 5. The van der Waals surface area contributed by atoms with Gasteiger partial charge < -0.3 is 4.90 Å². The van der Waals surface area contributed by atoms with Crippen LogP contribution < -0.4 is 9.62 Å². The molecule has 2 aromatic carbocycles. The number of rotatable bonds is 7. The average Bonchev–Trinajstić information content (AvgIpc) is 3.25. The van der Waals surface area contributed by atoms with Crippen molar-refractivity contribution in [3.8, 4) is 0 Å². The number of hydrogen-bond donors (Lipinski definition) is 1. The van der Waals surface area contributed by atoms with Crippen molar-refractivity contribution in [3.05, 3.63) is 74.5 Å². The second kappa shape index (κ2) is 9.92. The molecule has 0 bridgehead atoms. The highest BCUT2D eigenvalue weighted by Gasteiger charge is 2.23. The number of benzene rings is 2. The number of piperidine rings is 1. The molecular weight excluding hydrogens is 464 g/mol. The van der Waals surface area contributed by atoms with Crippen LogP contribution in [0.15, 0.2) is 46.7 Å². The van der Waals surface area contributed by atoms with E-state index in [0.717, 1.165) is 35.3 Å². The van der Waals surface area contributed by atoms with Gasteiger partial charge in [-0.15, -0.1) is 11.3 Å². The van der Waals surface area contributed by atoms with Crippen LogP contribution in [0.4, 0.5) is 11.4 Å². The fraction of sp³-hybridized carbons (Fsp3) is 0.370. The van der Waals surface area contributed by atoms with Crippen LogP contribution in [0.25, 0.3) is 0 Å². The molecular formula is C27H32N2O3S2. The third kappa shape index (κ3) is 5.05. The summed E-state index contributed by atoms with van der Waals surface area (Å²) in [6.07, 6.45) is 3.91. The van der Waals surface area contributed by atoms with E-state index in [1.54, 1.807) is 35.7 Å². The molecule has 1 aliphatic heterocycles. The van der Waals surface area contributed by atoms with Gasteiger partial charge in [-0.1, -0.05) is 23.8 Å². The van der Waals surface area contributed by atoms with Crippen LogP contribution >= 0.6 is 11.3 Å². The van der Waals surface area contributed by atoms with Gasteiger partial charge in [-0.3, -0.25) is 9.52 Å². The third-order valence-corrected chi connectivity index (χ3v) is 8.93. The van der Waals surface area contributed by atoms with Crippen molar-refractivity contribution in [2.45, 2.75) is 58.3 Å². The standard InChI is InChI=1S/C27H32N2O3S2/c1-18-8-10-22(11-9-18)34(31,32)28-24-12-15-33-27(24)25(30)17-23-19(2)16-20(3)26(21(23)4)29-13-6-5-7-14-29/h8-12,15-16,28H,5-7,13-14,17H2,1-4H3. The lowest BCUT2D eigenvalue weighted by molar-refractivity contribution is 0.0997. The van der Waals surface area contributed by atoms with E-state index >= 15 is 0 Å². The van der Waals surface area contributed by atoms with Gasteiger partial charge in [-0.2, -0.15) is 0 Å². The largest absolute Gasteiger partial charge is 0.371 e. The zero-order valence-corrected chi connectivity index (χ0v) is 21.9. The van der Waals surface area contributed by atoms with Gasteiger partial charge in [0.05, 0.1) is 15.5 Å². The molecule has 0 spiro atoms. The second-order valence-corrected chi connectivity index (χ2v) is 11.8. The van der Waals surface area contributed by atoms with E-state index in [-0.39, 0.29) is 17.1 Å². The number of nitrogens with one attached hydrogen (secondary N) is 1. The van der Waals surface area contributed by atoms with Gasteiger partial charge >= 0.3 is 0 Å². The van der Waals surface area contributed by atoms with Crippen molar-refractivity contribution in [2.75, 3.05) is 22.7 Å². The van der Waals surface area contributed by atoms with Gasteiger partial charge in [-0.05, 0) is 92.8 Å². The minimum atomic E-state index is -3.77. The van der Waals surface area contributed by atoms with Crippen molar-refractivity contribution in [2.24, 2.45) is 0 Å². The number of anilines is 2. The fourth-order valence-corrected chi connectivity index (χ4v) is 6.78. The lowest BCUT2D eigenvalue weighted by Crippen LogP contribution is -2.31. The van der Waals surface area contributed by atoms with E-state index in [1.807, 2.05) is 6.92 Å². The first kappa shape index (κ1) is 24.5. The van der Waals surface area contributed by atoms with Crippen LogP contribution in [0.2, 0.25) is 0 Å². The highest BCUT2D eigenvalue weighted by atomic mass is 32.2. The van der Waals surface area contributed by atoms with Crippen LogP contribution in [0.5, 0.6) is 0 Å². The maximum atomic E-state index is 13.4. The summed E-state index contributed by atoms with van der Waals surface area (Å²) in [4.78, 5) is 16.5. The Labute approximate surface area is 206 Å². The van der Waals surface area contributed by atoms with Gasteiger partial charge in [0.2, 0.25) is 0 Å².